The number of hydrogen-bond donors (Lipinski definition) is 1. The fraction of sp³-hybridized carbons (Fsp3) is 0.278. The number of carbonyl (C=O) groups excluding carboxylic acids is 1. The molecule has 7 heteroatoms. The molecule has 0 bridgehead atoms. The summed E-state index contributed by atoms with van der Waals surface area (Å²) in [7, 11) is -3.23. The number of carbonyl (C=O) groups is 1. The number of benzene rings is 2. The molecule has 5 nitrogen and oxygen atoms in total. The van der Waals surface area contributed by atoms with E-state index in [2.05, 4.69) is 5.32 Å². The fourth-order valence-corrected chi connectivity index (χ4v) is 3.68. The van der Waals surface area contributed by atoms with Crippen molar-refractivity contribution in [3.8, 4) is 0 Å². The molecule has 25 heavy (non-hydrogen) atoms. The van der Waals surface area contributed by atoms with Crippen molar-refractivity contribution in [2.75, 3.05) is 18.1 Å². The van der Waals surface area contributed by atoms with Gasteiger partial charge in [-0.3, -0.25) is 4.79 Å². The van der Waals surface area contributed by atoms with Crippen molar-refractivity contribution < 1.29 is 17.6 Å². The van der Waals surface area contributed by atoms with Gasteiger partial charge in [-0.2, -0.15) is 4.31 Å². The highest BCUT2D eigenvalue weighted by atomic mass is 32.2. The fourth-order valence-electron chi connectivity index (χ4n) is 2.88. The minimum atomic E-state index is -3.23. The zero-order valence-corrected chi connectivity index (χ0v) is 14.6. The Morgan fingerprint density at radius 2 is 1.88 bits per heavy atom. The number of rotatable bonds is 4. The maximum Gasteiger partial charge on any atom is 0.228 e. The van der Waals surface area contributed by atoms with Crippen molar-refractivity contribution in [2.24, 2.45) is 0 Å². The Hall–Kier alpha value is -2.25. The van der Waals surface area contributed by atoms with Gasteiger partial charge < -0.3 is 5.32 Å². The first-order chi connectivity index (χ1) is 11.8. The van der Waals surface area contributed by atoms with Gasteiger partial charge in [0.2, 0.25) is 15.9 Å². The first kappa shape index (κ1) is 17.6. The molecule has 0 saturated heterocycles. The normalized spacial score (nSPS) is 14.8. The molecule has 132 valence electrons. The summed E-state index contributed by atoms with van der Waals surface area (Å²) in [5.41, 5.74) is 3.34. The van der Waals surface area contributed by atoms with E-state index in [4.69, 9.17) is 0 Å². The average molecular weight is 362 g/mol. The van der Waals surface area contributed by atoms with E-state index in [-0.39, 0.29) is 18.1 Å². The van der Waals surface area contributed by atoms with Gasteiger partial charge in [0.15, 0.2) is 0 Å². The highest BCUT2D eigenvalue weighted by molar-refractivity contribution is 7.88. The van der Waals surface area contributed by atoms with Gasteiger partial charge in [0.05, 0.1) is 12.7 Å². The predicted octanol–water partition coefficient (Wildman–Crippen LogP) is 2.32. The van der Waals surface area contributed by atoms with Crippen LogP contribution in [0.15, 0.2) is 42.5 Å². The number of hydrogen-bond acceptors (Lipinski definition) is 3. The molecule has 0 aliphatic carbocycles. The van der Waals surface area contributed by atoms with Crippen molar-refractivity contribution >= 4 is 21.6 Å². The van der Waals surface area contributed by atoms with E-state index in [1.807, 2.05) is 18.2 Å². The molecule has 0 atom stereocenters. The van der Waals surface area contributed by atoms with Crippen LogP contribution in [0.25, 0.3) is 0 Å². The first-order valence-corrected chi connectivity index (χ1v) is 9.77. The van der Waals surface area contributed by atoms with Crippen molar-refractivity contribution in [2.45, 2.75) is 19.4 Å². The quantitative estimate of drug-likeness (QED) is 0.908. The summed E-state index contributed by atoms with van der Waals surface area (Å²) in [4.78, 5) is 12.1. The van der Waals surface area contributed by atoms with Gasteiger partial charge in [0, 0.05) is 18.8 Å². The van der Waals surface area contributed by atoms with Gasteiger partial charge in [-0.05, 0) is 47.4 Å². The first-order valence-electron chi connectivity index (χ1n) is 7.92. The van der Waals surface area contributed by atoms with Crippen LogP contribution in [0.3, 0.4) is 0 Å². The van der Waals surface area contributed by atoms with Gasteiger partial charge in [-0.15, -0.1) is 0 Å². The summed E-state index contributed by atoms with van der Waals surface area (Å²) in [6, 6.07) is 11.3. The zero-order chi connectivity index (χ0) is 18.0. The van der Waals surface area contributed by atoms with Gasteiger partial charge in [-0.1, -0.05) is 18.2 Å². The van der Waals surface area contributed by atoms with E-state index in [0.717, 1.165) is 16.7 Å². The maximum absolute atomic E-state index is 12.9. The molecule has 1 amide bonds. The summed E-state index contributed by atoms with van der Waals surface area (Å²) >= 11 is 0. The Morgan fingerprint density at radius 1 is 1.16 bits per heavy atom. The SMILES string of the molecule is CS(=O)(=O)N1CCc2ccc(NC(=O)Cc3ccc(F)cc3)cc2C1. The topological polar surface area (TPSA) is 66.5 Å². The summed E-state index contributed by atoms with van der Waals surface area (Å²) < 4.78 is 37.8. The van der Waals surface area contributed by atoms with Crippen molar-refractivity contribution in [1.82, 2.24) is 4.31 Å². The number of amides is 1. The van der Waals surface area contributed by atoms with Crippen LogP contribution in [0, 0.1) is 5.82 Å². The van der Waals surface area contributed by atoms with Gasteiger partial charge >= 0.3 is 0 Å². The molecule has 0 aromatic heterocycles. The van der Waals surface area contributed by atoms with Crippen molar-refractivity contribution in [3.63, 3.8) is 0 Å². The minimum Gasteiger partial charge on any atom is -0.326 e. The molecule has 0 radical (unpaired) electrons. The average Bonchev–Trinajstić information content (AvgIpc) is 2.55. The number of sulfonamides is 1. The van der Waals surface area contributed by atoms with Crippen LogP contribution < -0.4 is 5.32 Å². The zero-order valence-electron chi connectivity index (χ0n) is 13.8. The highest BCUT2D eigenvalue weighted by Crippen LogP contribution is 2.24. The van der Waals surface area contributed by atoms with Crippen LogP contribution in [0.2, 0.25) is 0 Å². The molecule has 3 rings (SSSR count). The van der Waals surface area contributed by atoms with Crippen molar-refractivity contribution in [3.05, 3.63) is 65.0 Å². The lowest BCUT2D eigenvalue weighted by Gasteiger charge is -2.27. The molecule has 1 aliphatic rings. The third kappa shape index (κ3) is 4.43. The third-order valence-corrected chi connectivity index (χ3v) is 5.46. The molecule has 2 aromatic rings. The van der Waals surface area contributed by atoms with Crippen LogP contribution in [0.1, 0.15) is 16.7 Å². The number of fused-ring (bicyclic) bond motifs is 1. The molecule has 1 heterocycles. The van der Waals surface area contributed by atoms with E-state index in [1.165, 1.54) is 22.7 Å². The lowest BCUT2D eigenvalue weighted by molar-refractivity contribution is -0.115. The minimum absolute atomic E-state index is 0.146. The highest BCUT2D eigenvalue weighted by Gasteiger charge is 2.23. The van der Waals surface area contributed by atoms with Crippen LogP contribution in [0.5, 0.6) is 0 Å². The van der Waals surface area contributed by atoms with E-state index in [9.17, 15) is 17.6 Å². The lowest BCUT2D eigenvalue weighted by Crippen LogP contribution is -2.35. The Bertz CT molecular complexity index is 895. The van der Waals surface area contributed by atoms with Crippen LogP contribution in [-0.2, 0) is 34.2 Å². The van der Waals surface area contributed by atoms with Crippen LogP contribution in [-0.4, -0.2) is 31.4 Å². The molecular weight excluding hydrogens is 343 g/mol. The molecule has 2 aromatic carbocycles. The molecule has 0 saturated carbocycles. The van der Waals surface area contributed by atoms with E-state index >= 15 is 0 Å². The molecule has 1 aliphatic heterocycles. The lowest BCUT2D eigenvalue weighted by atomic mass is 10.0. The number of nitrogens with zero attached hydrogens (tertiary/aromatic N) is 1. The summed E-state index contributed by atoms with van der Waals surface area (Å²) in [5.74, 6) is -0.545. The second kappa shape index (κ2) is 6.93. The van der Waals surface area contributed by atoms with Crippen molar-refractivity contribution in [1.29, 1.82) is 0 Å². The molecule has 0 fully saturated rings. The Labute approximate surface area is 146 Å². The smallest absolute Gasteiger partial charge is 0.228 e. The maximum atomic E-state index is 12.9. The van der Waals surface area contributed by atoms with E-state index in [1.54, 1.807) is 12.1 Å². The Morgan fingerprint density at radius 3 is 2.56 bits per heavy atom. The molecule has 1 N–H and O–H groups in total. The van der Waals surface area contributed by atoms with Gasteiger partial charge in [0.25, 0.3) is 0 Å². The monoisotopic (exact) mass is 362 g/mol. The summed E-state index contributed by atoms with van der Waals surface area (Å²) in [5, 5.41) is 2.81. The molecular formula is C18H19FN2O3S. The van der Waals surface area contributed by atoms with Gasteiger partial charge in [0.1, 0.15) is 5.82 Å². The third-order valence-electron chi connectivity index (χ3n) is 4.21. The van der Waals surface area contributed by atoms with E-state index in [0.29, 0.717) is 25.2 Å². The van der Waals surface area contributed by atoms with Crippen LogP contribution >= 0.6 is 0 Å². The van der Waals surface area contributed by atoms with Gasteiger partial charge in [-0.25, -0.2) is 12.8 Å². The standard InChI is InChI=1S/C18H19FN2O3S/c1-25(23,24)21-9-8-14-4-7-17(11-15(14)12-21)20-18(22)10-13-2-5-16(19)6-3-13/h2-7,11H,8-10,12H2,1H3,(H,20,22). The van der Waals surface area contributed by atoms with Crippen LogP contribution in [0.4, 0.5) is 10.1 Å². The summed E-state index contributed by atoms with van der Waals surface area (Å²) in [6.45, 7) is 0.790. The van der Waals surface area contributed by atoms with E-state index < -0.39 is 10.0 Å². The largest absolute Gasteiger partial charge is 0.326 e. The Balaban J connectivity index is 1.69. The molecule has 0 spiro atoms. The second-order valence-corrected chi connectivity index (χ2v) is 8.16. The second-order valence-electron chi connectivity index (χ2n) is 6.18. The predicted molar refractivity (Wildman–Crippen MR) is 94.1 cm³/mol. The number of halogens is 1. The number of anilines is 1. The Kier molecular flexibility index (Phi) is 4.87. The summed E-state index contributed by atoms with van der Waals surface area (Å²) in [6.07, 6.45) is 2.01. The number of nitrogens with one attached hydrogen (secondary N) is 1. The molecule has 0 unspecified atom stereocenters.